The predicted molar refractivity (Wildman–Crippen MR) is 62.8 cm³/mol. The maximum atomic E-state index is 10.5. The van der Waals surface area contributed by atoms with Gasteiger partial charge in [-0.3, -0.25) is 4.79 Å². The van der Waals surface area contributed by atoms with Gasteiger partial charge in [0.05, 0.1) is 0 Å². The van der Waals surface area contributed by atoms with E-state index < -0.39 is 5.37 Å². The highest BCUT2D eigenvalue weighted by molar-refractivity contribution is 6.65. The van der Waals surface area contributed by atoms with E-state index in [2.05, 4.69) is 16.2 Å². The number of nitrogens with zero attached hydrogens (tertiary/aromatic N) is 1. The van der Waals surface area contributed by atoms with Gasteiger partial charge in [-0.25, -0.2) is 0 Å². The Morgan fingerprint density at radius 2 is 2.00 bits per heavy atom. The fourth-order valence-corrected chi connectivity index (χ4v) is 1.05. The standard InChI is InChI=1S/C11H11ClN2O/c1-8(2)13-7-9-3-5-10(6-4-9)14-11(12)15/h3-6,8H,1-2H3/p+1. The highest BCUT2D eigenvalue weighted by atomic mass is 35.5. The summed E-state index contributed by atoms with van der Waals surface area (Å²) < 4.78 is 0. The third-order valence-electron chi connectivity index (χ3n) is 1.58. The second-order valence-electron chi connectivity index (χ2n) is 3.31. The van der Waals surface area contributed by atoms with Crippen molar-refractivity contribution in [1.29, 1.82) is 0 Å². The number of benzene rings is 1. The van der Waals surface area contributed by atoms with Gasteiger partial charge in [0.2, 0.25) is 0 Å². The van der Waals surface area contributed by atoms with Crippen LogP contribution in [0, 0.1) is 6.07 Å². The van der Waals surface area contributed by atoms with Gasteiger partial charge < -0.3 is 5.32 Å². The smallest absolute Gasteiger partial charge is 0.312 e. The van der Waals surface area contributed by atoms with Gasteiger partial charge in [-0.15, -0.1) is 0 Å². The van der Waals surface area contributed by atoms with Crippen molar-refractivity contribution in [3.8, 4) is 6.07 Å². The van der Waals surface area contributed by atoms with Crippen LogP contribution in [0.4, 0.5) is 10.5 Å². The first-order chi connectivity index (χ1) is 7.08. The average molecular weight is 224 g/mol. The summed E-state index contributed by atoms with van der Waals surface area (Å²) in [6, 6.07) is 10.3. The number of halogens is 1. The molecule has 0 saturated carbocycles. The molecule has 0 aliphatic carbocycles. The fourth-order valence-electron chi connectivity index (χ4n) is 0.945. The Kier molecular flexibility index (Phi) is 4.14. The van der Waals surface area contributed by atoms with Crippen LogP contribution in [0.2, 0.25) is 0 Å². The molecule has 0 atom stereocenters. The van der Waals surface area contributed by atoms with E-state index in [0.29, 0.717) is 5.69 Å². The van der Waals surface area contributed by atoms with Crippen molar-refractivity contribution in [2.75, 3.05) is 5.32 Å². The second kappa shape index (κ2) is 5.38. The SMILES string of the molecule is CC(C)[N+]#Cc1ccc(NC(=O)Cl)cc1. The normalized spacial score (nSPS) is 9.33. The number of anilines is 1. The molecule has 4 heteroatoms. The van der Waals surface area contributed by atoms with E-state index in [4.69, 9.17) is 11.6 Å². The molecule has 1 rings (SSSR count). The molecular weight excluding hydrogens is 212 g/mol. The lowest BCUT2D eigenvalue weighted by molar-refractivity contribution is 0.269. The molecule has 78 valence electrons. The van der Waals surface area contributed by atoms with Crippen LogP contribution >= 0.6 is 11.6 Å². The quantitative estimate of drug-likeness (QED) is 0.573. The molecule has 0 heterocycles. The lowest BCUT2D eigenvalue weighted by Crippen LogP contribution is -2.00. The van der Waals surface area contributed by atoms with Gasteiger partial charge >= 0.3 is 11.4 Å². The molecule has 1 N–H and O–H groups in total. The van der Waals surface area contributed by atoms with Crippen molar-refractivity contribution in [3.63, 3.8) is 0 Å². The maximum absolute atomic E-state index is 10.5. The molecular formula is C11H12ClN2O+. The Labute approximate surface area is 93.9 Å². The molecule has 0 aliphatic rings. The summed E-state index contributed by atoms with van der Waals surface area (Å²) in [5.74, 6) is 0. The van der Waals surface area contributed by atoms with Crippen molar-refractivity contribution in [2.45, 2.75) is 19.9 Å². The van der Waals surface area contributed by atoms with E-state index in [0.717, 1.165) is 5.56 Å². The molecule has 0 fully saturated rings. The van der Waals surface area contributed by atoms with Crippen molar-refractivity contribution in [2.24, 2.45) is 0 Å². The molecule has 1 amide bonds. The molecule has 0 aliphatic heterocycles. The summed E-state index contributed by atoms with van der Waals surface area (Å²) in [5, 5.41) is 1.87. The lowest BCUT2D eigenvalue weighted by atomic mass is 10.2. The highest BCUT2D eigenvalue weighted by Gasteiger charge is 2.00. The van der Waals surface area contributed by atoms with Gasteiger partial charge in [0.25, 0.3) is 6.04 Å². The van der Waals surface area contributed by atoms with E-state index in [-0.39, 0.29) is 6.04 Å². The average Bonchev–Trinajstić information content (AvgIpc) is 2.16. The summed E-state index contributed by atoms with van der Waals surface area (Å²) >= 11 is 5.17. The van der Waals surface area contributed by atoms with Crippen LogP contribution < -0.4 is 5.32 Å². The minimum Gasteiger partial charge on any atom is -0.312 e. The molecule has 1 aromatic rings. The van der Waals surface area contributed by atoms with Crippen LogP contribution in [0.15, 0.2) is 24.3 Å². The number of hydrogen-bond acceptors (Lipinski definition) is 1. The number of carbonyl (C=O) groups excluding carboxylic acids is 1. The van der Waals surface area contributed by atoms with E-state index in [9.17, 15) is 4.79 Å². The zero-order valence-electron chi connectivity index (χ0n) is 8.62. The van der Waals surface area contributed by atoms with Gasteiger partial charge in [-0.05, 0) is 35.9 Å². The van der Waals surface area contributed by atoms with Crippen LogP contribution in [0.1, 0.15) is 19.4 Å². The highest BCUT2D eigenvalue weighted by Crippen LogP contribution is 2.09. The first-order valence-corrected chi connectivity index (χ1v) is 4.98. The number of amides is 1. The Morgan fingerprint density at radius 1 is 1.40 bits per heavy atom. The molecule has 1 aromatic carbocycles. The van der Waals surface area contributed by atoms with Gasteiger partial charge in [0, 0.05) is 19.5 Å². The summed E-state index contributed by atoms with van der Waals surface area (Å²) in [7, 11) is 0. The molecule has 0 unspecified atom stereocenters. The Hall–Kier alpha value is -1.53. The van der Waals surface area contributed by atoms with Crippen molar-refractivity contribution >= 4 is 22.7 Å². The summed E-state index contributed by atoms with van der Waals surface area (Å²) in [4.78, 5) is 14.7. The molecule has 0 spiro atoms. The summed E-state index contributed by atoms with van der Waals surface area (Å²) in [5.41, 5.74) is 1.53. The van der Waals surface area contributed by atoms with Gasteiger partial charge in [0.1, 0.15) is 5.56 Å². The Morgan fingerprint density at radius 3 is 2.47 bits per heavy atom. The Bertz CT molecular complexity index is 401. The number of rotatable bonds is 1. The summed E-state index contributed by atoms with van der Waals surface area (Å²) in [6.07, 6.45) is 0. The number of hydrogen-bond donors (Lipinski definition) is 1. The molecule has 0 aromatic heterocycles. The zero-order chi connectivity index (χ0) is 11.3. The van der Waals surface area contributed by atoms with E-state index in [1.165, 1.54) is 0 Å². The molecule has 0 bridgehead atoms. The van der Waals surface area contributed by atoms with Gasteiger partial charge in [-0.2, -0.15) is 0 Å². The largest absolute Gasteiger partial charge is 0.318 e. The molecule has 15 heavy (non-hydrogen) atoms. The summed E-state index contributed by atoms with van der Waals surface area (Å²) in [6.45, 7) is 3.96. The predicted octanol–water partition coefficient (Wildman–Crippen LogP) is 3.55. The number of carbonyl (C=O) groups is 1. The molecule has 3 nitrogen and oxygen atoms in total. The van der Waals surface area contributed by atoms with Crippen LogP contribution in [-0.4, -0.2) is 11.4 Å². The van der Waals surface area contributed by atoms with Crippen LogP contribution in [0.25, 0.3) is 4.85 Å². The maximum Gasteiger partial charge on any atom is 0.318 e. The van der Waals surface area contributed by atoms with Crippen LogP contribution in [0.5, 0.6) is 0 Å². The minimum absolute atomic E-state index is 0.229. The van der Waals surface area contributed by atoms with E-state index >= 15 is 0 Å². The van der Waals surface area contributed by atoms with Gasteiger partial charge in [0.15, 0.2) is 0 Å². The van der Waals surface area contributed by atoms with Crippen molar-refractivity contribution < 1.29 is 4.79 Å². The third kappa shape index (κ3) is 4.48. The molecule has 0 saturated heterocycles. The fraction of sp³-hybridized carbons (Fsp3) is 0.273. The third-order valence-corrected chi connectivity index (χ3v) is 1.67. The first kappa shape index (κ1) is 11.5. The van der Waals surface area contributed by atoms with E-state index in [1.807, 2.05) is 26.0 Å². The van der Waals surface area contributed by atoms with Crippen molar-refractivity contribution in [3.05, 3.63) is 34.7 Å². The van der Waals surface area contributed by atoms with E-state index in [1.54, 1.807) is 12.1 Å². The lowest BCUT2D eigenvalue weighted by Gasteiger charge is -1.97. The zero-order valence-corrected chi connectivity index (χ0v) is 9.38. The van der Waals surface area contributed by atoms with Crippen LogP contribution in [0.3, 0.4) is 0 Å². The monoisotopic (exact) mass is 223 g/mol. The molecule has 0 radical (unpaired) electrons. The Balaban J connectivity index is 2.73. The first-order valence-electron chi connectivity index (χ1n) is 4.60. The van der Waals surface area contributed by atoms with Crippen molar-refractivity contribution in [1.82, 2.24) is 0 Å². The van der Waals surface area contributed by atoms with Crippen LogP contribution in [-0.2, 0) is 0 Å². The van der Waals surface area contributed by atoms with Gasteiger partial charge in [-0.1, -0.05) is 4.85 Å². The second-order valence-corrected chi connectivity index (χ2v) is 3.65. The minimum atomic E-state index is -0.595. The topological polar surface area (TPSA) is 33.5 Å². The number of nitrogens with one attached hydrogen (secondary N) is 1.